The molecule has 3 N–H and O–H groups in total. The second-order valence-electron chi connectivity index (χ2n) is 4.81. The molecule has 1 aliphatic heterocycles. The van der Waals surface area contributed by atoms with E-state index in [1.54, 1.807) is 0 Å². The number of aromatic nitrogens is 2. The van der Waals surface area contributed by atoms with Crippen LogP contribution in [0.5, 0.6) is 0 Å². The van der Waals surface area contributed by atoms with E-state index in [1.165, 1.54) is 5.56 Å². The van der Waals surface area contributed by atoms with Gasteiger partial charge in [-0.2, -0.15) is 5.10 Å². The van der Waals surface area contributed by atoms with Crippen molar-refractivity contribution < 1.29 is 9.53 Å². The first kappa shape index (κ1) is 13.0. The third-order valence-corrected chi connectivity index (χ3v) is 3.66. The highest BCUT2D eigenvalue weighted by molar-refractivity contribution is 5.80. The molecule has 6 heteroatoms. The summed E-state index contributed by atoms with van der Waals surface area (Å²) in [5, 5.41) is 4.47. The van der Waals surface area contributed by atoms with Crippen LogP contribution in [0.25, 0.3) is 0 Å². The standard InChI is InChI=1S/C12H20N4O2/c1-7-8(2)15-16(9(7)3)6-10-4-5-11(18-10)12(17)14-13/h10-11H,4-6,13H2,1-3H3,(H,14,17). The molecule has 2 rings (SSSR count). The van der Waals surface area contributed by atoms with Gasteiger partial charge in [0.05, 0.1) is 18.3 Å². The Morgan fingerprint density at radius 3 is 2.78 bits per heavy atom. The summed E-state index contributed by atoms with van der Waals surface area (Å²) in [6.07, 6.45) is 1.18. The molecule has 1 fully saturated rings. The molecule has 0 aromatic carbocycles. The number of carbonyl (C=O) groups is 1. The summed E-state index contributed by atoms with van der Waals surface area (Å²) < 4.78 is 7.63. The van der Waals surface area contributed by atoms with Gasteiger partial charge in [-0.1, -0.05) is 0 Å². The molecule has 100 valence electrons. The van der Waals surface area contributed by atoms with Gasteiger partial charge in [0, 0.05) is 5.69 Å². The number of aryl methyl sites for hydroxylation is 1. The van der Waals surface area contributed by atoms with E-state index in [4.69, 9.17) is 10.6 Å². The van der Waals surface area contributed by atoms with Gasteiger partial charge < -0.3 is 4.74 Å². The van der Waals surface area contributed by atoms with Crippen LogP contribution in [0.4, 0.5) is 0 Å². The summed E-state index contributed by atoms with van der Waals surface area (Å²) in [7, 11) is 0. The van der Waals surface area contributed by atoms with Crippen LogP contribution in [0.15, 0.2) is 0 Å². The number of hydrogen-bond donors (Lipinski definition) is 2. The minimum atomic E-state index is -0.418. The summed E-state index contributed by atoms with van der Waals surface area (Å²) in [4.78, 5) is 11.4. The third-order valence-electron chi connectivity index (χ3n) is 3.66. The van der Waals surface area contributed by atoms with E-state index in [-0.39, 0.29) is 12.0 Å². The van der Waals surface area contributed by atoms with Crippen LogP contribution in [0.2, 0.25) is 0 Å². The van der Waals surface area contributed by atoms with Crippen LogP contribution in [0, 0.1) is 20.8 Å². The summed E-state index contributed by atoms with van der Waals surface area (Å²) in [6.45, 7) is 6.80. The number of nitrogens with zero attached hydrogens (tertiary/aromatic N) is 2. The molecule has 1 aromatic heterocycles. The molecule has 0 saturated carbocycles. The third kappa shape index (κ3) is 2.39. The van der Waals surface area contributed by atoms with E-state index in [0.717, 1.165) is 17.8 Å². The Labute approximate surface area is 106 Å². The fraction of sp³-hybridized carbons (Fsp3) is 0.667. The van der Waals surface area contributed by atoms with Gasteiger partial charge >= 0.3 is 0 Å². The predicted molar refractivity (Wildman–Crippen MR) is 66.7 cm³/mol. The highest BCUT2D eigenvalue weighted by Gasteiger charge is 2.30. The molecule has 0 aliphatic carbocycles. The molecule has 1 aliphatic rings. The average Bonchev–Trinajstić information content (AvgIpc) is 2.91. The smallest absolute Gasteiger partial charge is 0.263 e. The average molecular weight is 252 g/mol. The van der Waals surface area contributed by atoms with E-state index in [0.29, 0.717) is 13.0 Å². The van der Waals surface area contributed by atoms with Crippen LogP contribution >= 0.6 is 0 Å². The van der Waals surface area contributed by atoms with Crippen molar-refractivity contribution in [3.8, 4) is 0 Å². The maximum Gasteiger partial charge on any atom is 0.263 e. The number of rotatable bonds is 3. The van der Waals surface area contributed by atoms with Crippen LogP contribution in [0.1, 0.15) is 29.8 Å². The topological polar surface area (TPSA) is 82.2 Å². The first-order valence-electron chi connectivity index (χ1n) is 6.19. The minimum absolute atomic E-state index is 0.0321. The van der Waals surface area contributed by atoms with E-state index < -0.39 is 6.10 Å². The lowest BCUT2D eigenvalue weighted by Gasteiger charge is -2.13. The van der Waals surface area contributed by atoms with Crippen LogP contribution in [-0.2, 0) is 16.1 Å². The second kappa shape index (κ2) is 5.07. The molecule has 0 bridgehead atoms. The summed E-state index contributed by atoms with van der Waals surface area (Å²) in [6, 6.07) is 0. The number of hydrazine groups is 1. The highest BCUT2D eigenvalue weighted by atomic mass is 16.5. The van der Waals surface area contributed by atoms with Gasteiger partial charge in [-0.25, -0.2) is 5.84 Å². The van der Waals surface area contributed by atoms with Crippen molar-refractivity contribution in [1.29, 1.82) is 0 Å². The van der Waals surface area contributed by atoms with Gasteiger partial charge in [-0.3, -0.25) is 14.9 Å². The fourth-order valence-electron chi connectivity index (χ4n) is 2.28. The van der Waals surface area contributed by atoms with Crippen LogP contribution < -0.4 is 11.3 Å². The summed E-state index contributed by atoms with van der Waals surface area (Å²) in [5.74, 6) is 4.85. The molecule has 1 aromatic rings. The van der Waals surface area contributed by atoms with Crippen molar-refractivity contribution in [3.05, 3.63) is 17.0 Å². The zero-order chi connectivity index (χ0) is 13.3. The van der Waals surface area contributed by atoms with Gasteiger partial charge in [0.15, 0.2) is 0 Å². The van der Waals surface area contributed by atoms with E-state index in [1.807, 2.05) is 18.5 Å². The predicted octanol–water partition coefficient (Wildman–Crippen LogP) is 0.346. The van der Waals surface area contributed by atoms with Crippen molar-refractivity contribution in [1.82, 2.24) is 15.2 Å². The minimum Gasteiger partial charge on any atom is -0.363 e. The molecule has 1 amide bonds. The van der Waals surface area contributed by atoms with Crippen LogP contribution in [-0.4, -0.2) is 27.9 Å². The number of hydrogen-bond acceptors (Lipinski definition) is 4. The Balaban J connectivity index is 1.99. The Hall–Kier alpha value is -1.40. The molecule has 6 nitrogen and oxygen atoms in total. The highest BCUT2D eigenvalue weighted by Crippen LogP contribution is 2.22. The molecule has 0 radical (unpaired) electrons. The van der Waals surface area contributed by atoms with Crippen molar-refractivity contribution in [2.24, 2.45) is 5.84 Å². The lowest BCUT2D eigenvalue weighted by molar-refractivity contribution is -0.132. The molecule has 2 unspecified atom stereocenters. The quantitative estimate of drug-likeness (QED) is 0.462. The molecule has 2 heterocycles. The maximum absolute atomic E-state index is 11.4. The Morgan fingerprint density at radius 1 is 1.50 bits per heavy atom. The molecular formula is C12H20N4O2. The zero-order valence-corrected chi connectivity index (χ0v) is 11.1. The van der Waals surface area contributed by atoms with Gasteiger partial charge in [-0.05, 0) is 39.2 Å². The molecule has 0 spiro atoms. The van der Waals surface area contributed by atoms with Crippen molar-refractivity contribution in [2.75, 3.05) is 0 Å². The summed E-state index contributed by atoms with van der Waals surface area (Å²) in [5.41, 5.74) is 5.54. The number of amides is 1. The van der Waals surface area contributed by atoms with Gasteiger partial charge in [0.25, 0.3) is 5.91 Å². The second-order valence-corrected chi connectivity index (χ2v) is 4.81. The number of carbonyl (C=O) groups excluding carboxylic acids is 1. The van der Waals surface area contributed by atoms with Crippen molar-refractivity contribution >= 4 is 5.91 Å². The Morgan fingerprint density at radius 2 is 2.22 bits per heavy atom. The Bertz CT molecular complexity index is 455. The number of ether oxygens (including phenoxy) is 1. The number of nitrogens with one attached hydrogen (secondary N) is 1. The van der Waals surface area contributed by atoms with Gasteiger partial charge in [-0.15, -0.1) is 0 Å². The SMILES string of the molecule is Cc1nn(CC2CCC(C(=O)NN)O2)c(C)c1C. The van der Waals surface area contributed by atoms with Crippen LogP contribution in [0.3, 0.4) is 0 Å². The fourth-order valence-corrected chi connectivity index (χ4v) is 2.28. The lowest BCUT2D eigenvalue weighted by Crippen LogP contribution is -2.39. The molecule has 1 saturated heterocycles. The molecule has 18 heavy (non-hydrogen) atoms. The van der Waals surface area contributed by atoms with E-state index in [2.05, 4.69) is 17.4 Å². The van der Waals surface area contributed by atoms with Crippen molar-refractivity contribution in [3.63, 3.8) is 0 Å². The van der Waals surface area contributed by atoms with Crippen molar-refractivity contribution in [2.45, 2.75) is 52.4 Å². The summed E-state index contributed by atoms with van der Waals surface area (Å²) >= 11 is 0. The maximum atomic E-state index is 11.4. The van der Waals surface area contributed by atoms with Gasteiger partial charge in [0.2, 0.25) is 0 Å². The first-order chi connectivity index (χ1) is 8.52. The normalized spacial score (nSPS) is 23.3. The largest absolute Gasteiger partial charge is 0.363 e. The number of nitrogens with two attached hydrogens (primary N) is 1. The Kier molecular flexibility index (Phi) is 3.68. The first-order valence-corrected chi connectivity index (χ1v) is 6.19. The van der Waals surface area contributed by atoms with E-state index in [9.17, 15) is 4.79 Å². The lowest BCUT2D eigenvalue weighted by atomic mass is 10.2. The zero-order valence-electron chi connectivity index (χ0n) is 11.1. The van der Waals surface area contributed by atoms with Gasteiger partial charge in [0.1, 0.15) is 6.10 Å². The molecular weight excluding hydrogens is 232 g/mol. The molecule has 2 atom stereocenters. The van der Waals surface area contributed by atoms with E-state index >= 15 is 0 Å². The monoisotopic (exact) mass is 252 g/mol.